The molecule has 0 saturated carbocycles. The van der Waals surface area contributed by atoms with Crippen LogP contribution in [0.3, 0.4) is 0 Å². The van der Waals surface area contributed by atoms with Crippen LogP contribution in [0.15, 0.2) is 50.3 Å². The van der Waals surface area contributed by atoms with Gasteiger partial charge in [0.25, 0.3) is 0 Å². The van der Waals surface area contributed by atoms with Crippen molar-refractivity contribution in [2.45, 2.75) is 6.61 Å². The van der Waals surface area contributed by atoms with Gasteiger partial charge in [0.1, 0.15) is 12.4 Å². The van der Waals surface area contributed by atoms with E-state index in [0.29, 0.717) is 6.61 Å². The fourth-order valence-electron chi connectivity index (χ4n) is 2.07. The molecule has 0 N–H and O–H groups in total. The van der Waals surface area contributed by atoms with Crippen molar-refractivity contribution in [1.29, 1.82) is 0 Å². The molecule has 2 nitrogen and oxygen atoms in total. The second kappa shape index (κ2) is 7.39. The molecule has 0 aromatic heterocycles. The van der Waals surface area contributed by atoms with Crippen molar-refractivity contribution >= 4 is 60.3 Å². The number of nitrogens with zero attached hydrogens (tertiary/aromatic N) is 1. The van der Waals surface area contributed by atoms with Gasteiger partial charge in [0, 0.05) is 22.9 Å². The monoisotopic (exact) mass is 459 g/mol. The molecule has 0 fully saturated rings. The molecule has 2 aromatic rings. The lowest BCUT2D eigenvalue weighted by Crippen LogP contribution is -1.99. The number of ether oxygens (including phenoxy) is 1. The maximum absolute atomic E-state index is 5.93. The quantitative estimate of drug-likeness (QED) is 0.562. The Morgan fingerprint density at radius 3 is 2.41 bits per heavy atom. The van der Waals surface area contributed by atoms with Crippen molar-refractivity contribution in [2.24, 2.45) is 4.99 Å². The van der Waals surface area contributed by atoms with Crippen molar-refractivity contribution in [3.05, 3.63) is 61.5 Å². The largest absolute Gasteiger partial charge is 0.487 e. The highest BCUT2D eigenvalue weighted by Crippen LogP contribution is 2.37. The third-order valence-electron chi connectivity index (χ3n) is 3.13. The van der Waals surface area contributed by atoms with Gasteiger partial charge in [-0.25, -0.2) is 0 Å². The summed E-state index contributed by atoms with van der Waals surface area (Å²) in [6.45, 7) is 1.38. The van der Waals surface area contributed by atoms with Crippen LogP contribution in [-0.4, -0.2) is 17.3 Å². The highest BCUT2D eigenvalue weighted by molar-refractivity contribution is 9.11. The van der Waals surface area contributed by atoms with E-state index in [1.165, 1.54) is 0 Å². The zero-order chi connectivity index (χ0) is 15.5. The number of hydrogen-bond donors (Lipinski definition) is 0. The van der Waals surface area contributed by atoms with Crippen LogP contribution in [0.4, 0.5) is 0 Å². The first-order valence-electron chi connectivity index (χ1n) is 6.67. The molecule has 1 heterocycles. The Balaban J connectivity index is 1.77. The Kier molecular flexibility index (Phi) is 5.50. The van der Waals surface area contributed by atoms with E-state index < -0.39 is 0 Å². The van der Waals surface area contributed by atoms with Gasteiger partial charge in [-0.2, -0.15) is 0 Å². The Bertz CT molecular complexity index is 696. The lowest BCUT2D eigenvalue weighted by Gasteiger charge is -2.12. The van der Waals surface area contributed by atoms with E-state index in [4.69, 9.17) is 16.3 Å². The van der Waals surface area contributed by atoms with Crippen LogP contribution < -0.4 is 4.74 Å². The molecular weight excluding hydrogens is 450 g/mol. The van der Waals surface area contributed by atoms with Gasteiger partial charge in [-0.05, 0) is 61.7 Å². The van der Waals surface area contributed by atoms with E-state index in [9.17, 15) is 0 Å². The molecule has 3 rings (SSSR count). The minimum Gasteiger partial charge on any atom is -0.487 e. The van der Waals surface area contributed by atoms with E-state index in [0.717, 1.165) is 48.2 Å². The second-order valence-corrected chi connectivity index (χ2v) is 7.95. The third kappa shape index (κ3) is 3.88. The Morgan fingerprint density at radius 2 is 1.82 bits per heavy atom. The summed E-state index contributed by atoms with van der Waals surface area (Å²) in [6, 6.07) is 11.8. The molecule has 0 atom stereocenters. The Hall–Kier alpha value is -0.490. The number of thioether (sulfide) groups is 1. The topological polar surface area (TPSA) is 21.6 Å². The van der Waals surface area contributed by atoms with Crippen molar-refractivity contribution in [3.8, 4) is 5.75 Å². The lowest BCUT2D eigenvalue weighted by molar-refractivity contribution is 0.302. The Morgan fingerprint density at radius 1 is 1.14 bits per heavy atom. The molecule has 6 heteroatoms. The summed E-state index contributed by atoms with van der Waals surface area (Å²) >= 11 is 14.9. The van der Waals surface area contributed by atoms with Crippen LogP contribution in [0.5, 0.6) is 5.75 Å². The van der Waals surface area contributed by atoms with Gasteiger partial charge in [-0.1, -0.05) is 23.7 Å². The maximum Gasteiger partial charge on any atom is 0.148 e. The molecule has 0 aliphatic carbocycles. The number of hydrogen-bond acceptors (Lipinski definition) is 3. The molecule has 1 aliphatic heterocycles. The van der Waals surface area contributed by atoms with Crippen LogP contribution in [0.1, 0.15) is 11.1 Å². The zero-order valence-corrected chi connectivity index (χ0v) is 16.2. The van der Waals surface area contributed by atoms with Gasteiger partial charge in [0.2, 0.25) is 0 Å². The number of halogens is 3. The number of benzene rings is 2. The summed E-state index contributed by atoms with van der Waals surface area (Å²) < 4.78 is 7.76. The normalized spacial score (nSPS) is 14.0. The van der Waals surface area contributed by atoms with Crippen molar-refractivity contribution in [2.75, 3.05) is 12.3 Å². The zero-order valence-electron chi connectivity index (χ0n) is 11.5. The van der Waals surface area contributed by atoms with Crippen molar-refractivity contribution in [1.82, 2.24) is 0 Å². The summed E-state index contributed by atoms with van der Waals surface area (Å²) in [6.07, 6.45) is 0. The molecule has 114 valence electrons. The average Bonchev–Trinajstić information content (AvgIpc) is 3.02. The van der Waals surface area contributed by atoms with Gasteiger partial charge in [0.05, 0.1) is 14.0 Å². The summed E-state index contributed by atoms with van der Waals surface area (Å²) in [4.78, 5) is 4.50. The summed E-state index contributed by atoms with van der Waals surface area (Å²) in [5.41, 5.74) is 2.18. The highest BCUT2D eigenvalue weighted by atomic mass is 79.9. The summed E-state index contributed by atoms with van der Waals surface area (Å²) in [5, 5.41) is 1.82. The first kappa shape index (κ1) is 16.4. The molecular formula is C16H12Br2ClNOS. The summed E-state index contributed by atoms with van der Waals surface area (Å²) in [7, 11) is 0. The van der Waals surface area contributed by atoms with Crippen molar-refractivity contribution < 1.29 is 4.74 Å². The van der Waals surface area contributed by atoms with Crippen LogP contribution in [0.2, 0.25) is 5.02 Å². The SMILES string of the molecule is Clc1ccc(COc2c(Br)cc(C3=NCCS3)cc2Br)cc1. The fraction of sp³-hybridized carbons (Fsp3) is 0.188. The molecule has 1 aliphatic rings. The average molecular weight is 462 g/mol. The number of aliphatic imine (C=N–C) groups is 1. The highest BCUT2D eigenvalue weighted by Gasteiger charge is 2.15. The van der Waals surface area contributed by atoms with Crippen LogP contribution in [0.25, 0.3) is 0 Å². The molecule has 0 saturated heterocycles. The van der Waals surface area contributed by atoms with Crippen molar-refractivity contribution in [3.63, 3.8) is 0 Å². The van der Waals surface area contributed by atoms with E-state index in [1.54, 1.807) is 11.8 Å². The molecule has 0 spiro atoms. The van der Waals surface area contributed by atoms with Gasteiger partial charge in [-0.15, -0.1) is 11.8 Å². The van der Waals surface area contributed by atoms with Gasteiger partial charge in [-0.3, -0.25) is 4.99 Å². The second-order valence-electron chi connectivity index (χ2n) is 4.72. The molecule has 0 bridgehead atoms. The Labute approximate surface area is 155 Å². The first-order chi connectivity index (χ1) is 10.6. The van der Waals surface area contributed by atoms with Gasteiger partial charge < -0.3 is 4.74 Å². The standard InChI is InChI=1S/C16H12Br2ClNOS/c17-13-7-11(16-20-5-6-22-16)8-14(18)15(13)21-9-10-1-3-12(19)4-2-10/h1-4,7-8H,5-6,9H2. The van der Waals surface area contributed by atoms with Gasteiger partial charge in [0.15, 0.2) is 0 Å². The molecule has 2 aromatic carbocycles. The van der Waals surface area contributed by atoms with Crippen LogP contribution >= 0.6 is 55.2 Å². The predicted octanol–water partition coefficient (Wildman–Crippen LogP) is 5.94. The molecule has 22 heavy (non-hydrogen) atoms. The first-order valence-corrected chi connectivity index (χ1v) is 9.62. The number of rotatable bonds is 4. The smallest absolute Gasteiger partial charge is 0.148 e. The lowest BCUT2D eigenvalue weighted by atomic mass is 10.2. The van der Waals surface area contributed by atoms with E-state index in [1.807, 2.05) is 24.3 Å². The summed E-state index contributed by atoms with van der Waals surface area (Å²) in [5.74, 6) is 1.85. The third-order valence-corrected chi connectivity index (χ3v) is 5.58. The molecule has 0 unspecified atom stereocenters. The minimum absolute atomic E-state index is 0.489. The molecule has 0 amide bonds. The predicted molar refractivity (Wildman–Crippen MR) is 101 cm³/mol. The minimum atomic E-state index is 0.489. The maximum atomic E-state index is 5.93. The molecule has 0 radical (unpaired) electrons. The van der Waals surface area contributed by atoms with E-state index in [-0.39, 0.29) is 0 Å². The van der Waals surface area contributed by atoms with Gasteiger partial charge >= 0.3 is 0 Å². The fourth-order valence-corrected chi connectivity index (χ4v) is 4.45. The van der Waals surface area contributed by atoms with E-state index in [2.05, 4.69) is 49.0 Å². The van der Waals surface area contributed by atoms with Crippen LogP contribution in [0, 0.1) is 0 Å². The van der Waals surface area contributed by atoms with E-state index >= 15 is 0 Å². The van der Waals surface area contributed by atoms with Crippen LogP contribution in [-0.2, 0) is 6.61 Å².